The van der Waals surface area contributed by atoms with E-state index in [2.05, 4.69) is 325 Å². The molecule has 15 aromatic carbocycles. The first-order valence-corrected chi connectivity index (χ1v) is 31.2. The number of hydrogen-bond donors (Lipinski definition) is 0. The number of aromatic nitrogens is 1. The van der Waals surface area contributed by atoms with Crippen molar-refractivity contribution in [2.75, 3.05) is 9.80 Å². The third-order valence-corrected chi connectivity index (χ3v) is 17.9. The molecule has 0 N–H and O–H groups in total. The fourth-order valence-corrected chi connectivity index (χ4v) is 13.2. The molecule has 0 fully saturated rings. The zero-order valence-corrected chi connectivity index (χ0v) is 50.1. The van der Waals surface area contributed by atoms with Crippen LogP contribution in [0.15, 0.2) is 355 Å². The normalized spacial score (nSPS) is 11.5. The minimum Gasteiger partial charge on any atom is -0.456 e. The van der Waals surface area contributed by atoms with Crippen molar-refractivity contribution >= 4 is 121 Å². The van der Waals surface area contributed by atoms with E-state index < -0.39 is 0 Å². The van der Waals surface area contributed by atoms with Gasteiger partial charge in [0.1, 0.15) is 28.1 Å². The van der Waals surface area contributed by atoms with Gasteiger partial charge in [-0.15, -0.1) is 0 Å². The topological polar surface area (TPSA) is 45.7 Å². The number of furan rings is 2. The summed E-state index contributed by atoms with van der Waals surface area (Å²) in [6, 6.07) is 121. The van der Waals surface area contributed by atoms with Crippen LogP contribution in [0.2, 0.25) is 0 Å². The molecule has 0 aliphatic carbocycles. The maximum absolute atomic E-state index is 6.32. The third-order valence-electron chi connectivity index (χ3n) is 17.9. The molecule has 5 heteroatoms. The highest BCUT2D eigenvalue weighted by Crippen LogP contribution is 2.43. The van der Waals surface area contributed by atoms with E-state index in [4.69, 9.17) is 13.8 Å². The maximum Gasteiger partial charge on any atom is 0.137 e. The Labute approximate surface area is 532 Å². The Kier molecular flexibility index (Phi) is 13.5. The highest BCUT2D eigenvalue weighted by molar-refractivity contribution is 6.08. The van der Waals surface area contributed by atoms with Crippen molar-refractivity contribution in [1.29, 1.82) is 0 Å². The smallest absolute Gasteiger partial charge is 0.137 e. The molecule has 0 bridgehead atoms. The first-order valence-electron chi connectivity index (χ1n) is 31.2. The lowest BCUT2D eigenvalue weighted by molar-refractivity contribution is 0.668. The van der Waals surface area contributed by atoms with E-state index in [-0.39, 0.29) is 0 Å². The number of hydrogen-bond acceptors (Lipinski definition) is 5. The van der Waals surface area contributed by atoms with Crippen molar-refractivity contribution in [3.05, 3.63) is 346 Å². The predicted octanol–water partition coefficient (Wildman–Crippen LogP) is 24.8. The molecule has 0 radical (unpaired) electrons. The van der Waals surface area contributed by atoms with Gasteiger partial charge in [0.15, 0.2) is 0 Å². The van der Waals surface area contributed by atoms with Gasteiger partial charge in [0.05, 0.1) is 5.69 Å². The fourth-order valence-electron chi connectivity index (χ4n) is 13.2. The van der Waals surface area contributed by atoms with Gasteiger partial charge in [-0.3, -0.25) is 4.90 Å². The molecular formula is C87H57N3O2. The summed E-state index contributed by atoms with van der Waals surface area (Å²) in [5.74, 6) is 0.832. The standard InChI is InChI=1S/C44H29NO.C43H28N2O/c1-2-10-34-28-35(17-16-30(34)8-1)31-18-22-36(23-19-31)45(38-26-27-42-41-13-5-6-15-43(41)46-44(42)29-38)37-24-20-33(21-25-37)40-14-7-11-32-9-3-4-12-39(32)40;1-3-9-32-25-34(15-13-29(32)7-1)31-17-20-37(21-18-31)45(38-22-23-40-39-11-5-6-12-41(39)46-42(40)27-38)43-24-19-36(28-44-43)35-16-14-30-8-2-4-10-33(30)26-35/h1-29H;1-28H. The van der Waals surface area contributed by atoms with Crippen LogP contribution in [-0.4, -0.2) is 4.98 Å². The number of nitrogens with zero attached hydrogens (tertiary/aromatic N) is 3. The predicted molar refractivity (Wildman–Crippen MR) is 386 cm³/mol. The molecule has 0 amide bonds. The third kappa shape index (κ3) is 10.1. The Bertz CT molecular complexity index is 5630. The van der Waals surface area contributed by atoms with Gasteiger partial charge in [0, 0.05) is 68.2 Å². The van der Waals surface area contributed by atoms with Crippen molar-refractivity contribution in [3.8, 4) is 44.5 Å². The Hall–Kier alpha value is -12.3. The van der Waals surface area contributed by atoms with Crippen LogP contribution in [0.4, 0.5) is 34.3 Å². The van der Waals surface area contributed by atoms with E-state index in [0.29, 0.717) is 0 Å². The summed E-state index contributed by atoms with van der Waals surface area (Å²) >= 11 is 0. The highest BCUT2D eigenvalue weighted by Gasteiger charge is 2.20. The van der Waals surface area contributed by atoms with E-state index >= 15 is 0 Å². The minimum absolute atomic E-state index is 0.832. The van der Waals surface area contributed by atoms with E-state index in [1.54, 1.807) is 0 Å². The van der Waals surface area contributed by atoms with Crippen LogP contribution in [-0.2, 0) is 0 Å². The summed E-state index contributed by atoms with van der Waals surface area (Å²) in [6.45, 7) is 0. The van der Waals surface area contributed by atoms with Crippen LogP contribution in [0.25, 0.3) is 131 Å². The Morgan fingerprint density at radius 2 is 0.565 bits per heavy atom. The van der Waals surface area contributed by atoms with Crippen molar-refractivity contribution in [1.82, 2.24) is 4.98 Å². The van der Waals surface area contributed by atoms with Gasteiger partial charge >= 0.3 is 0 Å². The second-order valence-corrected chi connectivity index (χ2v) is 23.5. The molecule has 0 aliphatic heterocycles. The van der Waals surface area contributed by atoms with Gasteiger partial charge in [-0.2, -0.15) is 0 Å². The quantitative estimate of drug-likeness (QED) is 0.137. The molecule has 3 heterocycles. The van der Waals surface area contributed by atoms with Crippen LogP contribution >= 0.6 is 0 Å². The molecule has 5 nitrogen and oxygen atoms in total. The largest absolute Gasteiger partial charge is 0.456 e. The van der Waals surface area contributed by atoms with Gasteiger partial charge < -0.3 is 13.7 Å². The number of benzene rings is 15. The van der Waals surface area contributed by atoms with Crippen molar-refractivity contribution in [2.24, 2.45) is 0 Å². The SMILES string of the molecule is c1ccc2cc(-c3ccc(N(c4ccc(-c5cccc6ccccc56)cc4)c4ccc5c(c4)oc4ccccc45)cc3)ccc2c1.c1ccc2cc(-c3ccc(N(c4ccc5c(c4)oc4ccccc45)c4ccc(-c5ccc6ccccc6c5)cn4)cc3)ccc2c1. The number of para-hydroxylation sites is 2. The van der Waals surface area contributed by atoms with E-state index in [1.807, 2.05) is 30.5 Å². The molecule has 0 saturated carbocycles. The van der Waals surface area contributed by atoms with Gasteiger partial charge in [-0.05, 0) is 185 Å². The summed E-state index contributed by atoms with van der Waals surface area (Å²) in [7, 11) is 0. The van der Waals surface area contributed by atoms with E-state index in [9.17, 15) is 0 Å². The van der Waals surface area contributed by atoms with E-state index in [0.717, 1.165) is 89.3 Å². The Morgan fingerprint density at radius 1 is 0.207 bits per heavy atom. The molecule has 18 aromatic rings. The second-order valence-electron chi connectivity index (χ2n) is 23.5. The minimum atomic E-state index is 0.832. The second kappa shape index (κ2) is 23.0. The van der Waals surface area contributed by atoms with Crippen LogP contribution in [0.5, 0.6) is 0 Å². The first-order chi connectivity index (χ1) is 45.5. The molecular weight excluding hydrogens is 1120 g/mol. The molecule has 3 aromatic heterocycles. The molecule has 92 heavy (non-hydrogen) atoms. The Morgan fingerprint density at radius 3 is 1.05 bits per heavy atom. The van der Waals surface area contributed by atoms with Gasteiger partial charge in [-0.1, -0.05) is 224 Å². The molecule has 0 spiro atoms. The zero-order chi connectivity index (χ0) is 60.9. The average Bonchev–Trinajstić information content (AvgIpc) is 1.64. The molecule has 18 rings (SSSR count). The molecule has 0 saturated heterocycles. The number of anilines is 6. The van der Waals surface area contributed by atoms with Crippen molar-refractivity contribution < 1.29 is 8.83 Å². The van der Waals surface area contributed by atoms with Crippen LogP contribution < -0.4 is 9.80 Å². The molecule has 432 valence electrons. The number of rotatable bonds is 10. The van der Waals surface area contributed by atoms with E-state index in [1.165, 1.54) is 76.5 Å². The van der Waals surface area contributed by atoms with Crippen molar-refractivity contribution in [2.45, 2.75) is 0 Å². The van der Waals surface area contributed by atoms with Crippen LogP contribution in [0.3, 0.4) is 0 Å². The summed E-state index contributed by atoms with van der Waals surface area (Å²) in [5.41, 5.74) is 18.1. The maximum atomic E-state index is 6.32. The summed E-state index contributed by atoms with van der Waals surface area (Å²) < 4.78 is 12.6. The number of fused-ring (bicyclic) bond motifs is 10. The zero-order valence-electron chi connectivity index (χ0n) is 50.1. The van der Waals surface area contributed by atoms with Gasteiger partial charge in [0.2, 0.25) is 0 Å². The molecule has 0 aliphatic rings. The molecule has 0 unspecified atom stereocenters. The van der Waals surface area contributed by atoms with Gasteiger partial charge in [0.25, 0.3) is 0 Å². The fraction of sp³-hybridized carbons (Fsp3) is 0. The summed E-state index contributed by atoms with van der Waals surface area (Å²) in [6.07, 6.45) is 1.97. The lowest BCUT2D eigenvalue weighted by Gasteiger charge is -2.26. The average molecular weight is 1180 g/mol. The van der Waals surface area contributed by atoms with Crippen LogP contribution in [0, 0.1) is 0 Å². The summed E-state index contributed by atoms with van der Waals surface area (Å²) in [4.78, 5) is 9.53. The number of pyridine rings is 1. The van der Waals surface area contributed by atoms with Crippen molar-refractivity contribution in [3.63, 3.8) is 0 Å². The lowest BCUT2D eigenvalue weighted by Crippen LogP contribution is -2.11. The van der Waals surface area contributed by atoms with Crippen LogP contribution in [0.1, 0.15) is 0 Å². The summed E-state index contributed by atoms with van der Waals surface area (Å²) in [5, 5.41) is 14.4. The monoisotopic (exact) mass is 1180 g/mol. The highest BCUT2D eigenvalue weighted by atomic mass is 16.3. The lowest BCUT2D eigenvalue weighted by atomic mass is 9.98. The molecule has 0 atom stereocenters. The Balaban J connectivity index is 0.000000141. The van der Waals surface area contributed by atoms with Gasteiger partial charge in [-0.25, -0.2) is 4.98 Å². The first kappa shape index (κ1) is 53.9.